The summed E-state index contributed by atoms with van der Waals surface area (Å²) in [6.07, 6.45) is 1.31. The predicted octanol–water partition coefficient (Wildman–Crippen LogP) is 2.98. The largest absolute Gasteiger partial charge is 0.222 e. The van der Waals surface area contributed by atoms with Crippen molar-refractivity contribution in [3.8, 4) is 0 Å². The Morgan fingerprint density at radius 2 is 1.75 bits per heavy atom. The third kappa shape index (κ3) is 4.89. The molecule has 0 amide bonds. The van der Waals surface area contributed by atoms with Crippen molar-refractivity contribution in [3.05, 3.63) is 53.4 Å². The molecule has 0 aliphatic heterocycles. The Bertz CT molecular complexity index is 829. The minimum Gasteiger partial charge on any atom is -0.222 e. The lowest BCUT2D eigenvalue weighted by Gasteiger charge is -2.18. The summed E-state index contributed by atoms with van der Waals surface area (Å²) in [5, 5.41) is 0.745. The SMILES string of the molecule is CCCCS(=O)(=O)NCC(c1ccccc1)S(=O)(=O)c1cccs1. The quantitative estimate of drug-likeness (QED) is 0.717. The van der Waals surface area contributed by atoms with E-state index in [4.69, 9.17) is 0 Å². The second-order valence-corrected chi connectivity index (χ2v) is 10.6. The number of nitrogens with one attached hydrogen (secondary N) is 1. The fraction of sp³-hybridized carbons (Fsp3) is 0.375. The highest BCUT2D eigenvalue weighted by molar-refractivity contribution is 7.93. The van der Waals surface area contributed by atoms with Crippen molar-refractivity contribution in [3.63, 3.8) is 0 Å². The van der Waals surface area contributed by atoms with Crippen LogP contribution in [0.15, 0.2) is 52.1 Å². The lowest BCUT2D eigenvalue weighted by molar-refractivity contribution is 0.568. The van der Waals surface area contributed by atoms with Crippen molar-refractivity contribution in [1.29, 1.82) is 0 Å². The van der Waals surface area contributed by atoms with Crippen LogP contribution in [0.3, 0.4) is 0 Å². The lowest BCUT2D eigenvalue weighted by atomic mass is 10.1. The molecule has 0 aliphatic carbocycles. The average molecular weight is 388 g/mol. The third-order valence-corrected chi connectivity index (χ3v) is 8.54. The highest BCUT2D eigenvalue weighted by atomic mass is 32.2. The molecule has 24 heavy (non-hydrogen) atoms. The molecule has 0 spiro atoms. The summed E-state index contributed by atoms with van der Waals surface area (Å²) in [6.45, 7) is 1.74. The minimum absolute atomic E-state index is 0.00403. The first-order valence-electron chi connectivity index (χ1n) is 7.66. The van der Waals surface area contributed by atoms with E-state index in [1.54, 1.807) is 47.8 Å². The maximum Gasteiger partial charge on any atom is 0.211 e. The fourth-order valence-corrected chi connectivity index (χ4v) is 6.46. The zero-order valence-corrected chi connectivity index (χ0v) is 15.8. The molecule has 1 atom stereocenters. The van der Waals surface area contributed by atoms with Crippen molar-refractivity contribution in [2.24, 2.45) is 0 Å². The Hall–Kier alpha value is -1.22. The third-order valence-electron chi connectivity index (χ3n) is 3.58. The first kappa shape index (κ1) is 19.1. The summed E-state index contributed by atoms with van der Waals surface area (Å²) >= 11 is 1.13. The highest BCUT2D eigenvalue weighted by Gasteiger charge is 2.31. The van der Waals surface area contributed by atoms with Crippen LogP contribution < -0.4 is 4.72 Å². The first-order valence-corrected chi connectivity index (χ1v) is 11.7. The Balaban J connectivity index is 2.29. The van der Waals surface area contributed by atoms with Crippen LogP contribution in [0.1, 0.15) is 30.6 Å². The minimum atomic E-state index is -3.66. The van der Waals surface area contributed by atoms with E-state index in [0.717, 1.165) is 17.8 Å². The molecule has 0 aliphatic rings. The van der Waals surface area contributed by atoms with Gasteiger partial charge in [-0.2, -0.15) is 0 Å². The van der Waals surface area contributed by atoms with E-state index in [1.165, 1.54) is 0 Å². The van der Waals surface area contributed by atoms with Crippen LogP contribution in [0.5, 0.6) is 0 Å². The Morgan fingerprint density at radius 3 is 2.33 bits per heavy atom. The molecule has 0 saturated heterocycles. The molecular formula is C16H21NO4S3. The number of thiophene rings is 1. The zero-order valence-electron chi connectivity index (χ0n) is 13.4. The van der Waals surface area contributed by atoms with Gasteiger partial charge in [0.25, 0.3) is 0 Å². The maximum absolute atomic E-state index is 12.9. The highest BCUT2D eigenvalue weighted by Crippen LogP contribution is 2.31. The standard InChI is InChI=1S/C16H21NO4S3/c1-2-3-12-23(18,19)17-13-15(14-8-5-4-6-9-14)24(20,21)16-10-7-11-22-16/h4-11,15,17H,2-3,12-13H2,1H3. The van der Waals surface area contributed by atoms with Gasteiger partial charge in [-0.25, -0.2) is 21.6 Å². The van der Waals surface area contributed by atoms with Crippen LogP contribution in [0.4, 0.5) is 0 Å². The van der Waals surface area contributed by atoms with Crippen LogP contribution in [0, 0.1) is 0 Å². The summed E-state index contributed by atoms with van der Waals surface area (Å²) in [6, 6.07) is 11.9. The van der Waals surface area contributed by atoms with Crippen LogP contribution in [-0.4, -0.2) is 29.1 Å². The van der Waals surface area contributed by atoms with Gasteiger partial charge in [-0.15, -0.1) is 11.3 Å². The first-order chi connectivity index (χ1) is 11.4. The van der Waals surface area contributed by atoms with Crippen molar-refractivity contribution >= 4 is 31.2 Å². The number of rotatable bonds is 9. The number of sulfonamides is 1. The second-order valence-electron chi connectivity index (χ2n) is 5.40. The van der Waals surface area contributed by atoms with E-state index in [2.05, 4.69) is 4.72 Å². The number of unbranched alkanes of at least 4 members (excludes halogenated alkanes) is 1. The van der Waals surface area contributed by atoms with Gasteiger partial charge in [-0.1, -0.05) is 49.7 Å². The predicted molar refractivity (Wildman–Crippen MR) is 97.4 cm³/mol. The van der Waals surface area contributed by atoms with E-state index >= 15 is 0 Å². The van der Waals surface area contributed by atoms with Gasteiger partial charge in [0.1, 0.15) is 9.46 Å². The van der Waals surface area contributed by atoms with Crippen molar-refractivity contribution in [1.82, 2.24) is 4.72 Å². The number of hydrogen-bond acceptors (Lipinski definition) is 5. The van der Waals surface area contributed by atoms with Crippen LogP contribution in [0.25, 0.3) is 0 Å². The molecule has 1 aromatic carbocycles. The Morgan fingerprint density at radius 1 is 1.04 bits per heavy atom. The number of sulfone groups is 1. The van der Waals surface area contributed by atoms with Gasteiger partial charge >= 0.3 is 0 Å². The number of benzene rings is 1. The maximum atomic E-state index is 12.9. The van der Waals surface area contributed by atoms with Crippen LogP contribution in [0.2, 0.25) is 0 Å². The van der Waals surface area contributed by atoms with Crippen molar-refractivity contribution < 1.29 is 16.8 Å². The zero-order chi connectivity index (χ0) is 17.6. The molecule has 0 bridgehead atoms. The Kier molecular flexibility index (Phi) is 6.56. The molecule has 1 heterocycles. The van der Waals surface area contributed by atoms with E-state index in [0.29, 0.717) is 12.0 Å². The molecule has 5 nitrogen and oxygen atoms in total. The van der Waals surface area contributed by atoms with Crippen molar-refractivity contribution in [2.75, 3.05) is 12.3 Å². The molecule has 2 aromatic rings. The summed E-state index contributed by atoms with van der Waals surface area (Å²) in [7, 11) is -7.15. The molecule has 0 radical (unpaired) electrons. The second kappa shape index (κ2) is 8.24. The van der Waals surface area contributed by atoms with Gasteiger partial charge < -0.3 is 0 Å². The van der Waals surface area contributed by atoms with Gasteiger partial charge in [0.2, 0.25) is 10.0 Å². The molecule has 8 heteroatoms. The molecule has 0 saturated carbocycles. The molecule has 1 N–H and O–H groups in total. The summed E-state index contributed by atoms with van der Waals surface area (Å²) < 4.78 is 52.6. The smallest absolute Gasteiger partial charge is 0.211 e. The van der Waals surface area contributed by atoms with Crippen molar-refractivity contribution in [2.45, 2.75) is 29.2 Å². The monoisotopic (exact) mass is 387 g/mol. The lowest BCUT2D eigenvalue weighted by Crippen LogP contribution is -2.33. The van der Waals surface area contributed by atoms with Crippen LogP contribution in [-0.2, 0) is 19.9 Å². The average Bonchev–Trinajstić information content (AvgIpc) is 3.09. The molecule has 2 rings (SSSR count). The fourth-order valence-electron chi connectivity index (χ4n) is 2.25. The van der Waals surface area contributed by atoms with Crippen LogP contribution >= 0.6 is 11.3 Å². The van der Waals surface area contributed by atoms with Gasteiger partial charge in [-0.3, -0.25) is 0 Å². The van der Waals surface area contributed by atoms with Gasteiger partial charge in [-0.05, 0) is 23.4 Å². The van der Waals surface area contributed by atoms with E-state index in [9.17, 15) is 16.8 Å². The van der Waals surface area contributed by atoms with E-state index < -0.39 is 25.1 Å². The molecule has 1 unspecified atom stereocenters. The van der Waals surface area contributed by atoms with E-state index in [-0.39, 0.29) is 16.5 Å². The molecule has 132 valence electrons. The summed E-state index contributed by atoms with van der Waals surface area (Å²) in [4.78, 5) is 0. The van der Waals surface area contributed by atoms with E-state index in [1.807, 2.05) is 6.92 Å². The van der Waals surface area contributed by atoms with Gasteiger partial charge in [0, 0.05) is 6.54 Å². The summed E-state index contributed by atoms with van der Waals surface area (Å²) in [5.41, 5.74) is 0.573. The van der Waals surface area contributed by atoms with Gasteiger partial charge in [0.05, 0.1) is 5.75 Å². The normalized spacial score (nSPS) is 13.7. The summed E-state index contributed by atoms with van der Waals surface area (Å²) in [5.74, 6) is 0.00403. The topological polar surface area (TPSA) is 80.3 Å². The molecule has 0 fully saturated rings. The molecular weight excluding hydrogens is 366 g/mol. The molecule has 1 aromatic heterocycles. The Labute approximate surface area is 147 Å². The number of hydrogen-bond donors (Lipinski definition) is 1. The van der Waals surface area contributed by atoms with Gasteiger partial charge in [0.15, 0.2) is 9.84 Å².